The third kappa shape index (κ3) is 7.05. The molecule has 1 aliphatic rings. The van der Waals surface area contributed by atoms with Crippen molar-refractivity contribution in [3.63, 3.8) is 0 Å². The summed E-state index contributed by atoms with van der Waals surface area (Å²) in [5.74, 6) is 0.515. The van der Waals surface area contributed by atoms with E-state index < -0.39 is 11.6 Å². The molecule has 0 aromatic heterocycles. The van der Waals surface area contributed by atoms with Gasteiger partial charge in [0.25, 0.3) is 0 Å². The topological polar surface area (TPSA) is 86.5 Å². The lowest BCUT2D eigenvalue weighted by Crippen LogP contribution is -2.57. The van der Waals surface area contributed by atoms with Crippen LogP contribution in [0.1, 0.15) is 68.4 Å². The van der Waals surface area contributed by atoms with Crippen LogP contribution in [-0.4, -0.2) is 58.0 Å². The molecule has 0 bridgehead atoms. The average Bonchev–Trinajstić information content (AvgIpc) is 3.22. The quantitative estimate of drug-likeness (QED) is 0.277. The molecule has 1 aliphatic heterocycles. The normalized spacial score (nSPS) is 20.6. The number of ketones is 1. The van der Waals surface area contributed by atoms with Crippen molar-refractivity contribution in [2.24, 2.45) is 5.73 Å². The predicted octanol–water partition coefficient (Wildman–Crippen LogP) is 5.37. The maximum atomic E-state index is 13.1. The van der Waals surface area contributed by atoms with Gasteiger partial charge < -0.3 is 10.5 Å². The van der Waals surface area contributed by atoms with Crippen molar-refractivity contribution in [2.45, 2.75) is 71.1 Å². The van der Waals surface area contributed by atoms with Crippen molar-refractivity contribution >= 4 is 28.8 Å². The third-order valence-electron chi connectivity index (χ3n) is 6.77. The molecule has 7 heteroatoms. The highest BCUT2D eigenvalue weighted by molar-refractivity contribution is 8.13. The lowest BCUT2D eigenvalue weighted by Gasteiger charge is -2.36. The second-order valence-corrected chi connectivity index (χ2v) is 11.7. The van der Waals surface area contributed by atoms with Crippen LogP contribution in [0.15, 0.2) is 54.6 Å². The molecule has 0 radical (unpaired) electrons. The zero-order chi connectivity index (χ0) is 26.3. The number of amides is 1. The summed E-state index contributed by atoms with van der Waals surface area (Å²) in [5, 5.41) is -0.102. The average molecular weight is 512 g/mol. The molecule has 1 heterocycles. The first kappa shape index (κ1) is 28.1. The number of hydrogen-bond acceptors (Lipinski definition) is 6. The summed E-state index contributed by atoms with van der Waals surface area (Å²) in [6, 6.07) is 15.9. The fraction of sp³-hybridized carbons (Fsp3) is 0.483. The van der Waals surface area contributed by atoms with Gasteiger partial charge in [0.1, 0.15) is 5.60 Å². The smallest absolute Gasteiger partial charge is 0.414 e. The summed E-state index contributed by atoms with van der Waals surface area (Å²) in [5.41, 5.74) is 7.69. The van der Waals surface area contributed by atoms with Gasteiger partial charge in [-0.15, -0.1) is 0 Å². The van der Waals surface area contributed by atoms with E-state index in [1.54, 1.807) is 18.2 Å². The van der Waals surface area contributed by atoms with Gasteiger partial charge in [0.15, 0.2) is 5.78 Å². The zero-order valence-electron chi connectivity index (χ0n) is 21.9. The number of rotatable bonds is 9. The summed E-state index contributed by atoms with van der Waals surface area (Å²) in [7, 11) is 0. The van der Waals surface area contributed by atoms with E-state index in [9.17, 15) is 14.4 Å². The SMILES string of the molecule is C[C@@H]1CCC[N+]1(CCCSC(=O)[C@@H](N)Cc1ccccc1C(=O)c1ccccc1)C(=O)OC(C)(C)C. The van der Waals surface area contributed by atoms with E-state index in [2.05, 4.69) is 6.92 Å². The molecule has 3 rings (SSSR count). The number of carbonyl (C=O) groups is 3. The fourth-order valence-corrected chi connectivity index (χ4v) is 5.57. The molecule has 1 unspecified atom stereocenters. The standard InChI is InChI=1S/C29H39N2O4S/c1-21-12-10-17-31(21,28(34)35-29(2,3)4)18-11-19-36-27(33)25(30)20-23-15-8-9-16-24(23)26(32)22-13-6-5-7-14-22/h5-9,13-16,21,25H,10-12,17-20,30H2,1-4H3/q+1/t21-,25+,31?/m1/s1. The van der Waals surface area contributed by atoms with Gasteiger partial charge in [-0.3, -0.25) is 9.59 Å². The molecule has 194 valence electrons. The summed E-state index contributed by atoms with van der Waals surface area (Å²) in [6.07, 6.45) is 2.85. The number of carbonyl (C=O) groups excluding carboxylic acids is 3. The minimum Gasteiger partial charge on any atom is -0.414 e. The van der Waals surface area contributed by atoms with Crippen molar-refractivity contribution in [1.82, 2.24) is 0 Å². The van der Waals surface area contributed by atoms with Crippen molar-refractivity contribution in [1.29, 1.82) is 0 Å². The molecule has 36 heavy (non-hydrogen) atoms. The Morgan fingerprint density at radius 3 is 2.39 bits per heavy atom. The van der Waals surface area contributed by atoms with Crippen molar-refractivity contribution in [2.75, 3.05) is 18.8 Å². The fourth-order valence-electron chi connectivity index (χ4n) is 4.80. The van der Waals surface area contributed by atoms with Gasteiger partial charge in [0, 0.05) is 36.1 Å². The zero-order valence-corrected chi connectivity index (χ0v) is 22.7. The second-order valence-electron chi connectivity index (χ2n) is 10.6. The van der Waals surface area contributed by atoms with Gasteiger partial charge in [-0.25, -0.2) is 4.48 Å². The van der Waals surface area contributed by atoms with Gasteiger partial charge in [-0.05, 0) is 39.7 Å². The second kappa shape index (κ2) is 12.2. The number of benzene rings is 2. The highest BCUT2D eigenvalue weighted by atomic mass is 32.2. The minimum atomic E-state index is -0.709. The van der Waals surface area contributed by atoms with Crippen molar-refractivity contribution < 1.29 is 23.6 Å². The number of quaternary nitrogens is 1. The maximum absolute atomic E-state index is 13.1. The highest BCUT2D eigenvalue weighted by Gasteiger charge is 2.48. The molecule has 3 atom stereocenters. The van der Waals surface area contributed by atoms with Crippen LogP contribution in [0.25, 0.3) is 0 Å². The summed E-state index contributed by atoms with van der Waals surface area (Å²) < 4.78 is 6.08. The van der Waals surface area contributed by atoms with Crippen LogP contribution in [0.2, 0.25) is 0 Å². The molecule has 2 aromatic rings. The van der Waals surface area contributed by atoms with Crippen molar-refractivity contribution in [3.05, 3.63) is 71.3 Å². The molecule has 1 fully saturated rings. The van der Waals surface area contributed by atoms with Crippen LogP contribution in [0.5, 0.6) is 0 Å². The number of nitrogens with two attached hydrogens (primary N) is 1. The van der Waals surface area contributed by atoms with E-state index in [1.165, 1.54) is 11.8 Å². The maximum Gasteiger partial charge on any atom is 0.516 e. The molecule has 0 saturated carbocycles. The molecule has 0 spiro atoms. The molecular weight excluding hydrogens is 472 g/mol. The van der Waals surface area contributed by atoms with Gasteiger partial charge in [-0.2, -0.15) is 4.79 Å². The minimum absolute atomic E-state index is 0.0746. The van der Waals surface area contributed by atoms with E-state index in [1.807, 2.05) is 57.2 Å². The Kier molecular flexibility index (Phi) is 9.50. The van der Waals surface area contributed by atoms with Gasteiger partial charge >= 0.3 is 6.09 Å². The number of thioether (sulfide) groups is 1. The van der Waals surface area contributed by atoms with Crippen LogP contribution in [0, 0.1) is 0 Å². The first-order valence-electron chi connectivity index (χ1n) is 12.7. The number of likely N-dealkylation sites (tertiary alicyclic amines) is 1. The van der Waals surface area contributed by atoms with Gasteiger partial charge in [-0.1, -0.05) is 66.4 Å². The molecule has 2 N–H and O–H groups in total. The predicted molar refractivity (Wildman–Crippen MR) is 145 cm³/mol. The third-order valence-corrected chi connectivity index (χ3v) is 7.85. The number of hydrogen-bond donors (Lipinski definition) is 1. The molecule has 6 nitrogen and oxygen atoms in total. The van der Waals surface area contributed by atoms with Gasteiger partial charge in [0.05, 0.1) is 25.2 Å². The van der Waals surface area contributed by atoms with Crippen LogP contribution in [-0.2, 0) is 16.0 Å². The summed E-state index contributed by atoms with van der Waals surface area (Å²) in [4.78, 5) is 38.9. The molecule has 1 saturated heterocycles. The Morgan fingerprint density at radius 1 is 1.08 bits per heavy atom. The Morgan fingerprint density at radius 2 is 1.75 bits per heavy atom. The Bertz CT molecular complexity index is 1070. The van der Waals surface area contributed by atoms with Crippen LogP contribution in [0.3, 0.4) is 0 Å². The summed E-state index contributed by atoms with van der Waals surface area (Å²) >= 11 is 1.21. The molecule has 1 amide bonds. The molecule has 2 aromatic carbocycles. The number of nitrogens with zero attached hydrogens (tertiary/aromatic N) is 1. The first-order valence-corrected chi connectivity index (χ1v) is 13.7. The Balaban J connectivity index is 1.56. The summed E-state index contributed by atoms with van der Waals surface area (Å²) in [6.45, 7) is 9.22. The molecular formula is C29H39N2O4S+. The van der Waals surface area contributed by atoms with E-state index in [0.717, 1.165) is 31.4 Å². The van der Waals surface area contributed by atoms with Gasteiger partial charge in [0.2, 0.25) is 5.12 Å². The highest BCUT2D eigenvalue weighted by Crippen LogP contribution is 2.31. The van der Waals surface area contributed by atoms with Crippen LogP contribution >= 0.6 is 11.8 Å². The van der Waals surface area contributed by atoms with Crippen molar-refractivity contribution in [3.8, 4) is 0 Å². The Labute approximate surface area is 219 Å². The van der Waals surface area contributed by atoms with E-state index in [-0.39, 0.29) is 23.0 Å². The Hall–Kier alpha value is -2.48. The first-order chi connectivity index (χ1) is 17.0. The lowest BCUT2D eigenvalue weighted by molar-refractivity contribution is -0.868. The monoisotopic (exact) mass is 511 g/mol. The molecule has 0 aliphatic carbocycles. The lowest BCUT2D eigenvalue weighted by atomic mass is 9.95. The van der Waals surface area contributed by atoms with E-state index in [0.29, 0.717) is 34.3 Å². The van der Waals surface area contributed by atoms with Crippen LogP contribution in [0.4, 0.5) is 4.79 Å². The van der Waals surface area contributed by atoms with E-state index >= 15 is 0 Å². The van der Waals surface area contributed by atoms with Crippen LogP contribution < -0.4 is 5.73 Å². The number of ether oxygens (including phenoxy) is 1. The largest absolute Gasteiger partial charge is 0.516 e. The van der Waals surface area contributed by atoms with E-state index in [4.69, 9.17) is 10.5 Å².